The molecule has 1 aromatic carbocycles. The average molecular weight is 418 g/mol. The summed E-state index contributed by atoms with van der Waals surface area (Å²) in [7, 11) is 2.14. The van der Waals surface area contributed by atoms with E-state index in [1.165, 1.54) is 12.1 Å². The molecule has 0 radical (unpaired) electrons. The summed E-state index contributed by atoms with van der Waals surface area (Å²) in [6.07, 6.45) is 5.49. The summed E-state index contributed by atoms with van der Waals surface area (Å²) in [6.45, 7) is 4.01. The van der Waals surface area contributed by atoms with E-state index in [2.05, 4.69) is 33.0 Å². The number of benzene rings is 1. The highest BCUT2D eigenvalue weighted by molar-refractivity contribution is 5.71. The van der Waals surface area contributed by atoms with Gasteiger partial charge in [0.2, 0.25) is 0 Å². The smallest absolute Gasteiger partial charge is 0.153 e. The molecule has 0 aliphatic carbocycles. The van der Waals surface area contributed by atoms with Gasteiger partial charge in [-0.15, -0.1) is 0 Å². The number of nitrogens with two attached hydrogens (primary N) is 1. The number of anilines is 2. The lowest BCUT2D eigenvalue weighted by atomic mass is 10.1. The number of rotatable bonds is 4. The molecule has 1 aliphatic heterocycles. The van der Waals surface area contributed by atoms with Crippen molar-refractivity contribution >= 4 is 17.0 Å². The van der Waals surface area contributed by atoms with Crippen LogP contribution in [0.4, 0.5) is 15.9 Å². The minimum Gasteiger partial charge on any atom is -0.455 e. The second kappa shape index (κ2) is 7.88. The molecule has 7 nitrogen and oxygen atoms in total. The van der Waals surface area contributed by atoms with Crippen LogP contribution in [-0.2, 0) is 0 Å². The van der Waals surface area contributed by atoms with E-state index in [0.717, 1.165) is 48.6 Å². The first-order valence-electron chi connectivity index (χ1n) is 10.2. The first kappa shape index (κ1) is 19.3. The normalized spacial score (nSPS) is 14.8. The zero-order valence-electron chi connectivity index (χ0n) is 17.2. The standard InChI is InChI=1S/C23H23FN6O/c1-28-8-10-29(11-9-28)23-5-2-16(14-26-23)17-12-22(21-6-7-27-30(21)15-17)31-18-3-4-20(25)19(24)13-18/h2-7,12-15H,8-11,25H2,1H3. The average Bonchev–Trinajstić information content (AvgIpc) is 3.26. The number of nitrogen functional groups attached to an aromatic ring is 1. The van der Waals surface area contributed by atoms with Gasteiger partial charge < -0.3 is 20.3 Å². The molecule has 5 rings (SSSR count). The number of fused-ring (bicyclic) bond motifs is 1. The Kier molecular flexibility index (Phi) is 4.91. The van der Waals surface area contributed by atoms with Crippen LogP contribution in [-0.4, -0.2) is 52.7 Å². The molecule has 4 heterocycles. The van der Waals surface area contributed by atoms with Gasteiger partial charge in [-0.25, -0.2) is 13.9 Å². The number of hydrogen-bond acceptors (Lipinski definition) is 6. The van der Waals surface area contributed by atoms with E-state index in [1.54, 1.807) is 16.8 Å². The largest absolute Gasteiger partial charge is 0.455 e. The first-order valence-corrected chi connectivity index (χ1v) is 10.2. The molecule has 0 amide bonds. The van der Waals surface area contributed by atoms with Crippen LogP contribution in [0.15, 0.2) is 61.1 Å². The second-order valence-electron chi connectivity index (χ2n) is 7.73. The zero-order valence-corrected chi connectivity index (χ0v) is 17.2. The zero-order chi connectivity index (χ0) is 21.4. The predicted octanol–water partition coefficient (Wildman–Crippen LogP) is 3.66. The maximum atomic E-state index is 13.9. The maximum Gasteiger partial charge on any atom is 0.153 e. The number of piperazine rings is 1. The summed E-state index contributed by atoms with van der Waals surface area (Å²) < 4.78 is 21.6. The fourth-order valence-corrected chi connectivity index (χ4v) is 3.71. The molecule has 1 saturated heterocycles. The van der Waals surface area contributed by atoms with E-state index < -0.39 is 5.82 Å². The molecule has 31 heavy (non-hydrogen) atoms. The van der Waals surface area contributed by atoms with Crippen LogP contribution in [0.1, 0.15) is 0 Å². The van der Waals surface area contributed by atoms with E-state index in [1.807, 2.05) is 30.6 Å². The van der Waals surface area contributed by atoms with E-state index in [9.17, 15) is 4.39 Å². The molecule has 0 spiro atoms. The molecule has 0 atom stereocenters. The van der Waals surface area contributed by atoms with Gasteiger partial charge in [0, 0.05) is 55.8 Å². The summed E-state index contributed by atoms with van der Waals surface area (Å²) in [5.41, 5.74) is 8.29. The fraction of sp³-hybridized carbons (Fsp3) is 0.217. The molecular formula is C23H23FN6O. The SMILES string of the molecule is CN1CCN(c2ccc(-c3cc(Oc4ccc(N)c(F)c4)c4ccnn4c3)cn2)CC1. The minimum absolute atomic E-state index is 0.0853. The molecule has 1 fully saturated rings. The van der Waals surface area contributed by atoms with Crippen LogP contribution < -0.4 is 15.4 Å². The quantitative estimate of drug-likeness (QED) is 0.510. The number of ether oxygens (including phenoxy) is 1. The van der Waals surface area contributed by atoms with Gasteiger partial charge in [-0.05, 0) is 43.4 Å². The van der Waals surface area contributed by atoms with Crippen LogP contribution in [0.25, 0.3) is 16.6 Å². The number of pyridine rings is 2. The molecule has 1 aliphatic rings. The minimum atomic E-state index is -0.512. The Hall–Kier alpha value is -3.65. The molecule has 3 aromatic heterocycles. The molecule has 8 heteroatoms. The van der Waals surface area contributed by atoms with Crippen molar-refractivity contribution in [1.29, 1.82) is 0 Å². The van der Waals surface area contributed by atoms with Crippen LogP contribution in [0.3, 0.4) is 0 Å². The van der Waals surface area contributed by atoms with Crippen molar-refractivity contribution in [2.75, 3.05) is 43.9 Å². The van der Waals surface area contributed by atoms with Crippen LogP contribution in [0, 0.1) is 5.82 Å². The highest BCUT2D eigenvalue weighted by Gasteiger charge is 2.16. The summed E-state index contributed by atoms with van der Waals surface area (Å²) in [6, 6.07) is 12.3. The third kappa shape index (κ3) is 3.89. The summed E-state index contributed by atoms with van der Waals surface area (Å²) in [5.74, 6) is 1.41. The van der Waals surface area contributed by atoms with Crippen LogP contribution >= 0.6 is 0 Å². The van der Waals surface area contributed by atoms with Crippen molar-refractivity contribution in [2.24, 2.45) is 0 Å². The number of aromatic nitrogens is 3. The van der Waals surface area contributed by atoms with Crippen molar-refractivity contribution < 1.29 is 9.13 Å². The fourth-order valence-electron chi connectivity index (χ4n) is 3.71. The number of likely N-dealkylation sites (N-methyl/N-ethyl adjacent to an activating group) is 1. The Bertz CT molecular complexity index is 1210. The van der Waals surface area contributed by atoms with Gasteiger partial charge in [0.1, 0.15) is 22.9 Å². The third-order valence-electron chi connectivity index (χ3n) is 5.58. The van der Waals surface area contributed by atoms with Gasteiger partial charge in [-0.3, -0.25) is 0 Å². The summed E-state index contributed by atoms with van der Waals surface area (Å²) in [4.78, 5) is 9.29. The second-order valence-corrected chi connectivity index (χ2v) is 7.73. The molecule has 4 aromatic rings. The van der Waals surface area contributed by atoms with Crippen molar-refractivity contribution in [1.82, 2.24) is 19.5 Å². The highest BCUT2D eigenvalue weighted by atomic mass is 19.1. The molecule has 0 unspecified atom stereocenters. The number of hydrogen-bond donors (Lipinski definition) is 1. The van der Waals surface area contributed by atoms with Gasteiger partial charge >= 0.3 is 0 Å². The maximum absolute atomic E-state index is 13.9. The topological polar surface area (TPSA) is 71.9 Å². The van der Waals surface area contributed by atoms with Gasteiger partial charge in [-0.2, -0.15) is 5.10 Å². The van der Waals surface area contributed by atoms with E-state index in [4.69, 9.17) is 10.5 Å². The highest BCUT2D eigenvalue weighted by Crippen LogP contribution is 2.32. The van der Waals surface area contributed by atoms with Gasteiger partial charge in [0.05, 0.1) is 11.9 Å². The Morgan fingerprint density at radius 3 is 2.58 bits per heavy atom. The predicted molar refractivity (Wildman–Crippen MR) is 119 cm³/mol. The Morgan fingerprint density at radius 1 is 1.00 bits per heavy atom. The monoisotopic (exact) mass is 418 g/mol. The van der Waals surface area contributed by atoms with Gasteiger partial charge in [-0.1, -0.05) is 0 Å². The Labute approximate surface area is 179 Å². The molecular weight excluding hydrogens is 395 g/mol. The van der Waals surface area contributed by atoms with Crippen LogP contribution in [0.5, 0.6) is 11.5 Å². The van der Waals surface area contributed by atoms with Crippen molar-refractivity contribution in [3.8, 4) is 22.6 Å². The van der Waals surface area contributed by atoms with E-state index in [-0.39, 0.29) is 5.69 Å². The van der Waals surface area contributed by atoms with Crippen LogP contribution in [0.2, 0.25) is 0 Å². The van der Waals surface area contributed by atoms with E-state index >= 15 is 0 Å². The molecule has 0 bridgehead atoms. The Morgan fingerprint density at radius 2 is 1.84 bits per heavy atom. The molecule has 0 saturated carbocycles. The summed E-state index contributed by atoms with van der Waals surface area (Å²) >= 11 is 0. The van der Waals surface area contributed by atoms with Gasteiger partial charge in [0.15, 0.2) is 5.75 Å². The Balaban J connectivity index is 1.45. The first-order chi connectivity index (χ1) is 15.1. The molecule has 2 N–H and O–H groups in total. The lowest BCUT2D eigenvalue weighted by Crippen LogP contribution is -2.44. The summed E-state index contributed by atoms with van der Waals surface area (Å²) in [5, 5.41) is 4.35. The van der Waals surface area contributed by atoms with E-state index in [0.29, 0.717) is 11.5 Å². The van der Waals surface area contributed by atoms with Crippen molar-refractivity contribution in [3.63, 3.8) is 0 Å². The molecule has 158 valence electrons. The third-order valence-corrected chi connectivity index (χ3v) is 5.58. The van der Waals surface area contributed by atoms with Crippen molar-refractivity contribution in [2.45, 2.75) is 0 Å². The lowest BCUT2D eigenvalue weighted by Gasteiger charge is -2.33. The number of halogens is 1. The lowest BCUT2D eigenvalue weighted by molar-refractivity contribution is 0.312. The van der Waals surface area contributed by atoms with Crippen molar-refractivity contribution in [3.05, 3.63) is 66.9 Å². The van der Waals surface area contributed by atoms with Gasteiger partial charge in [0.25, 0.3) is 0 Å². The number of nitrogens with zero attached hydrogens (tertiary/aromatic N) is 5.